The third-order valence-corrected chi connectivity index (χ3v) is 4.19. The summed E-state index contributed by atoms with van der Waals surface area (Å²) in [5.41, 5.74) is 2.11. The Kier molecular flexibility index (Phi) is 5.75. The van der Waals surface area contributed by atoms with Crippen molar-refractivity contribution in [2.24, 2.45) is 0 Å². The van der Waals surface area contributed by atoms with Gasteiger partial charge in [-0.25, -0.2) is 9.37 Å². The van der Waals surface area contributed by atoms with Crippen molar-refractivity contribution in [3.63, 3.8) is 0 Å². The molecule has 3 aromatic rings. The molecule has 0 amide bonds. The summed E-state index contributed by atoms with van der Waals surface area (Å²) >= 11 is 3.14. The summed E-state index contributed by atoms with van der Waals surface area (Å²) < 4.78 is 14.1. The monoisotopic (exact) mass is 417 g/mol. The minimum Gasteiger partial charge on any atom is -0.394 e. The van der Waals surface area contributed by atoms with Crippen LogP contribution in [0.3, 0.4) is 0 Å². The van der Waals surface area contributed by atoms with Crippen molar-refractivity contribution in [3.05, 3.63) is 59.1 Å². The normalized spacial score (nSPS) is 11.8. The lowest BCUT2D eigenvalue weighted by atomic mass is 10.2. The summed E-state index contributed by atoms with van der Waals surface area (Å²) in [6.07, 6.45) is 3.36. The van der Waals surface area contributed by atoms with E-state index in [9.17, 15) is 9.50 Å². The van der Waals surface area contributed by atoms with E-state index in [1.54, 1.807) is 30.6 Å². The molecule has 2 heterocycles. The fourth-order valence-corrected chi connectivity index (χ4v) is 2.48. The van der Waals surface area contributed by atoms with E-state index in [1.165, 1.54) is 6.07 Å². The van der Waals surface area contributed by atoms with Crippen LogP contribution in [0.2, 0.25) is 0 Å². The van der Waals surface area contributed by atoms with E-state index < -0.39 is 0 Å². The van der Waals surface area contributed by atoms with Gasteiger partial charge in [-0.3, -0.25) is 4.98 Å². The van der Waals surface area contributed by atoms with Crippen LogP contribution in [0.25, 0.3) is 11.3 Å². The third kappa shape index (κ3) is 4.53. The van der Waals surface area contributed by atoms with E-state index in [2.05, 4.69) is 41.5 Å². The first kappa shape index (κ1) is 18.2. The van der Waals surface area contributed by atoms with Gasteiger partial charge in [-0.15, -0.1) is 0 Å². The molecule has 6 nitrogen and oxygen atoms in total. The molecule has 2 aromatic heterocycles. The maximum Gasteiger partial charge on any atom is 0.225 e. The second-order valence-electron chi connectivity index (χ2n) is 5.68. The number of halogens is 2. The second-order valence-corrected chi connectivity index (χ2v) is 6.53. The average molecular weight is 418 g/mol. The van der Waals surface area contributed by atoms with E-state index in [-0.39, 0.29) is 18.5 Å². The summed E-state index contributed by atoms with van der Waals surface area (Å²) in [5, 5.41) is 15.4. The van der Waals surface area contributed by atoms with Crippen LogP contribution in [0.4, 0.5) is 21.8 Å². The third-order valence-electron chi connectivity index (χ3n) is 3.54. The summed E-state index contributed by atoms with van der Waals surface area (Å²) in [6.45, 7) is 1.77. The van der Waals surface area contributed by atoms with Crippen LogP contribution >= 0.6 is 15.9 Å². The Hall–Kier alpha value is -2.58. The van der Waals surface area contributed by atoms with Crippen molar-refractivity contribution in [2.75, 3.05) is 17.2 Å². The van der Waals surface area contributed by atoms with Crippen molar-refractivity contribution in [2.45, 2.75) is 13.0 Å². The molecule has 0 bridgehead atoms. The predicted octanol–water partition coefficient (Wildman–Crippen LogP) is 3.98. The van der Waals surface area contributed by atoms with Crippen LogP contribution < -0.4 is 10.6 Å². The van der Waals surface area contributed by atoms with Crippen LogP contribution in [0.15, 0.2) is 53.3 Å². The first-order chi connectivity index (χ1) is 12.5. The number of benzene rings is 1. The van der Waals surface area contributed by atoms with Gasteiger partial charge in [-0.2, -0.15) is 4.98 Å². The van der Waals surface area contributed by atoms with Crippen LogP contribution in [0, 0.1) is 5.82 Å². The molecule has 134 valence electrons. The zero-order chi connectivity index (χ0) is 18.5. The number of aliphatic hydroxyl groups is 1. The molecule has 1 atom stereocenters. The minimum atomic E-state index is -0.370. The lowest BCUT2D eigenvalue weighted by Crippen LogP contribution is -2.21. The molecule has 8 heteroatoms. The van der Waals surface area contributed by atoms with Gasteiger partial charge >= 0.3 is 0 Å². The molecule has 0 aliphatic rings. The maximum atomic E-state index is 13.8. The molecule has 0 saturated carbocycles. The first-order valence-electron chi connectivity index (χ1n) is 7.94. The van der Waals surface area contributed by atoms with Crippen LogP contribution in [-0.4, -0.2) is 32.7 Å². The second kappa shape index (κ2) is 8.20. The van der Waals surface area contributed by atoms with E-state index in [0.717, 1.165) is 5.56 Å². The van der Waals surface area contributed by atoms with E-state index in [0.29, 0.717) is 27.6 Å². The smallest absolute Gasteiger partial charge is 0.225 e. The summed E-state index contributed by atoms with van der Waals surface area (Å²) in [4.78, 5) is 12.9. The van der Waals surface area contributed by atoms with Gasteiger partial charge in [-0.1, -0.05) is 0 Å². The van der Waals surface area contributed by atoms with E-state index >= 15 is 0 Å². The van der Waals surface area contributed by atoms with Crippen LogP contribution in [-0.2, 0) is 0 Å². The molecule has 0 unspecified atom stereocenters. The topological polar surface area (TPSA) is 83.0 Å². The molecule has 0 spiro atoms. The van der Waals surface area contributed by atoms with E-state index in [1.807, 2.05) is 19.1 Å². The Morgan fingerprint density at radius 2 is 1.92 bits per heavy atom. The molecule has 3 N–H and O–H groups in total. The molecule has 1 aromatic carbocycles. The highest BCUT2D eigenvalue weighted by Gasteiger charge is 2.10. The quantitative estimate of drug-likeness (QED) is 0.562. The van der Waals surface area contributed by atoms with Crippen LogP contribution in [0.1, 0.15) is 6.92 Å². The fraction of sp³-hybridized carbons (Fsp3) is 0.167. The number of nitrogens with one attached hydrogen (secondary N) is 2. The van der Waals surface area contributed by atoms with Gasteiger partial charge in [0.25, 0.3) is 0 Å². The number of rotatable bonds is 6. The fourth-order valence-electron chi connectivity index (χ4n) is 2.23. The standard InChI is InChI=1S/C18H17BrFN5O/c1-11(10-26)22-18-24-16(12-4-6-21-7-5-12)9-17(25-18)23-13-2-3-14(19)15(20)8-13/h2-9,11,26H,10H2,1H3,(H2,22,23,24,25)/t11-/m1/s1. The molecular formula is C18H17BrFN5O. The predicted molar refractivity (Wildman–Crippen MR) is 103 cm³/mol. The van der Waals surface area contributed by atoms with Gasteiger partial charge in [0.15, 0.2) is 0 Å². The molecule has 3 rings (SSSR count). The molecular weight excluding hydrogens is 401 g/mol. The number of pyridine rings is 1. The van der Waals surface area contributed by atoms with Crippen molar-refractivity contribution >= 4 is 33.4 Å². The highest BCUT2D eigenvalue weighted by molar-refractivity contribution is 9.10. The number of nitrogens with zero attached hydrogens (tertiary/aromatic N) is 3. The number of aromatic nitrogens is 3. The first-order valence-corrected chi connectivity index (χ1v) is 8.73. The van der Waals surface area contributed by atoms with Gasteiger partial charge in [0.05, 0.1) is 16.8 Å². The van der Waals surface area contributed by atoms with Gasteiger partial charge in [0, 0.05) is 35.8 Å². The highest BCUT2D eigenvalue weighted by Crippen LogP contribution is 2.25. The number of anilines is 3. The Balaban J connectivity index is 1.97. The minimum absolute atomic E-state index is 0.0521. The van der Waals surface area contributed by atoms with E-state index in [4.69, 9.17) is 0 Å². The molecule has 0 aliphatic carbocycles. The zero-order valence-electron chi connectivity index (χ0n) is 13.9. The summed E-state index contributed by atoms with van der Waals surface area (Å²) in [5.74, 6) is 0.493. The van der Waals surface area contributed by atoms with Crippen molar-refractivity contribution < 1.29 is 9.50 Å². The Labute approximate surface area is 158 Å². The highest BCUT2D eigenvalue weighted by atomic mass is 79.9. The summed E-state index contributed by atoms with van der Waals surface area (Å²) in [7, 11) is 0. The van der Waals surface area contributed by atoms with Crippen molar-refractivity contribution in [1.29, 1.82) is 0 Å². The lowest BCUT2D eigenvalue weighted by Gasteiger charge is -2.14. The van der Waals surface area contributed by atoms with Crippen LogP contribution in [0.5, 0.6) is 0 Å². The number of hydrogen-bond acceptors (Lipinski definition) is 6. The maximum absolute atomic E-state index is 13.8. The zero-order valence-corrected chi connectivity index (χ0v) is 15.5. The number of aliphatic hydroxyl groups excluding tert-OH is 1. The van der Waals surface area contributed by atoms with Crippen molar-refractivity contribution in [3.8, 4) is 11.3 Å². The average Bonchev–Trinajstić information content (AvgIpc) is 2.65. The van der Waals surface area contributed by atoms with Gasteiger partial charge in [-0.05, 0) is 53.2 Å². The Morgan fingerprint density at radius 3 is 2.62 bits per heavy atom. The largest absolute Gasteiger partial charge is 0.394 e. The van der Waals surface area contributed by atoms with Gasteiger partial charge in [0.2, 0.25) is 5.95 Å². The molecule has 0 saturated heterocycles. The van der Waals surface area contributed by atoms with Crippen molar-refractivity contribution in [1.82, 2.24) is 15.0 Å². The Morgan fingerprint density at radius 1 is 1.15 bits per heavy atom. The lowest BCUT2D eigenvalue weighted by molar-refractivity contribution is 0.281. The summed E-state index contributed by atoms with van der Waals surface area (Å²) in [6, 6.07) is 9.97. The van der Waals surface area contributed by atoms with Gasteiger partial charge < -0.3 is 15.7 Å². The van der Waals surface area contributed by atoms with Gasteiger partial charge in [0.1, 0.15) is 11.6 Å². The molecule has 26 heavy (non-hydrogen) atoms. The SMILES string of the molecule is C[C@H](CO)Nc1nc(Nc2ccc(Br)c(F)c2)cc(-c2ccncc2)n1. The molecule has 0 fully saturated rings. The molecule has 0 radical (unpaired) electrons. The Bertz CT molecular complexity index is 894. The molecule has 0 aliphatic heterocycles. The number of hydrogen-bond donors (Lipinski definition) is 3.